The van der Waals surface area contributed by atoms with Crippen LogP contribution in [0.4, 0.5) is 0 Å². The van der Waals surface area contributed by atoms with Gasteiger partial charge in [0.25, 0.3) is 0 Å². The molecule has 0 bridgehead atoms. The maximum absolute atomic E-state index is 12.1. The second-order valence-electron chi connectivity index (χ2n) is 1.78. The van der Waals surface area contributed by atoms with E-state index < -0.39 is 63.6 Å². The van der Waals surface area contributed by atoms with Crippen molar-refractivity contribution < 1.29 is 41.0 Å². The lowest BCUT2D eigenvalue weighted by Gasteiger charge is -2.06. The summed E-state index contributed by atoms with van der Waals surface area (Å²) >= 11 is 0. The largest absolute Gasteiger partial charge is 0.469 e. The van der Waals surface area contributed by atoms with Gasteiger partial charge in [0.05, 0.1) is 29.6 Å². The highest BCUT2D eigenvalue weighted by molar-refractivity contribution is 5.87. The van der Waals surface area contributed by atoms with Gasteiger partial charge in [-0.2, -0.15) is 0 Å². The molecule has 0 N–H and O–H groups in total. The Morgan fingerprint density at radius 3 is 3.00 bits per heavy atom. The third-order valence-corrected chi connectivity index (χ3v) is 0.906. The summed E-state index contributed by atoms with van der Waals surface area (Å²) in [5.74, 6) is -9.02. The van der Waals surface area contributed by atoms with Crippen LogP contribution >= 0.6 is 0 Å². The van der Waals surface area contributed by atoms with Crippen LogP contribution in [-0.2, 0) is 19.1 Å². The van der Waals surface area contributed by atoms with Crippen molar-refractivity contribution in [3.8, 4) is 0 Å². The smallest absolute Gasteiger partial charge is 0.333 e. The Morgan fingerprint density at radius 1 is 1.64 bits per heavy atom. The summed E-state index contributed by atoms with van der Waals surface area (Å²) in [6.07, 6.45) is -4.20. The fraction of sp³-hybridized carbons (Fsp3) is 0.600. The van der Waals surface area contributed by atoms with Gasteiger partial charge in [-0.15, -0.1) is 0 Å². The molecule has 80 valence electrons. The summed E-state index contributed by atoms with van der Waals surface area (Å²) < 4.78 is 123. The number of allylic oxidation sites excluding steroid dienone is 1. The molecule has 0 aromatic heterocycles. The van der Waals surface area contributed by atoms with Crippen molar-refractivity contribution in [1.82, 2.24) is 0 Å². The monoisotopic (exact) mass is 216 g/mol. The van der Waals surface area contributed by atoms with E-state index in [1.54, 1.807) is 0 Å². The van der Waals surface area contributed by atoms with Crippen LogP contribution in [0, 0.1) is 5.89 Å². The maximum atomic E-state index is 12.1. The molecule has 0 saturated heterocycles. The SMILES string of the molecule is [2H]/C(=C(\C(=O)OC([2H])([2H])[2H])C([2H])([2H])[2H])C([2H])([2H])C([2H])(C(=O)OC([2H])([2H])[2H])C([2H])([2H])[2H]. The van der Waals surface area contributed by atoms with Gasteiger partial charge < -0.3 is 9.47 Å². The highest BCUT2D eigenvalue weighted by atomic mass is 16.5. The van der Waals surface area contributed by atoms with Gasteiger partial charge in [0.15, 0.2) is 0 Å². The molecule has 0 radical (unpaired) electrons. The molecule has 0 amide bonds. The van der Waals surface area contributed by atoms with Gasteiger partial charge in [0.1, 0.15) is 0 Å². The lowest BCUT2D eigenvalue weighted by atomic mass is 10.1. The lowest BCUT2D eigenvalue weighted by molar-refractivity contribution is -0.144. The quantitative estimate of drug-likeness (QED) is 0.525. The summed E-state index contributed by atoms with van der Waals surface area (Å²) in [6.45, 7) is -7.80. The summed E-state index contributed by atoms with van der Waals surface area (Å²) in [5.41, 5.74) is -1.97. The summed E-state index contributed by atoms with van der Waals surface area (Å²) in [7, 11) is -7.17. The predicted molar refractivity (Wildman–Crippen MR) is 51.6 cm³/mol. The predicted octanol–water partition coefficient (Wildman–Crippen LogP) is 1.30. The van der Waals surface area contributed by atoms with Gasteiger partial charge in [-0.3, -0.25) is 4.79 Å². The molecule has 0 rings (SSSR count). The first kappa shape index (κ1) is 2.26. The third kappa shape index (κ3) is 4.07. The van der Waals surface area contributed by atoms with E-state index in [2.05, 4.69) is 9.47 Å². The topological polar surface area (TPSA) is 52.6 Å². The van der Waals surface area contributed by atoms with Gasteiger partial charge >= 0.3 is 11.9 Å². The zero-order valence-electron chi connectivity index (χ0n) is 22.6. The van der Waals surface area contributed by atoms with Crippen LogP contribution in [0.25, 0.3) is 0 Å². The van der Waals surface area contributed by atoms with Gasteiger partial charge in [-0.05, 0) is 13.2 Å². The molecule has 1 unspecified atom stereocenters. The zero-order valence-corrected chi connectivity index (χ0v) is 6.63. The molecule has 4 nitrogen and oxygen atoms in total. The summed E-state index contributed by atoms with van der Waals surface area (Å²) in [4.78, 5) is 24.1. The standard InChI is InChI=1S/C10H16O4/c1-7(9(11)13-3)5-6-8(2)10(12)14-4/h5,8H,6H2,1-4H3/b7-5+/i1D3,2D3,3D3,4D3,5D,6D2,8D. The minimum absolute atomic E-state index is 1.97. The van der Waals surface area contributed by atoms with Crippen molar-refractivity contribution in [1.29, 1.82) is 0 Å². The van der Waals surface area contributed by atoms with E-state index in [0.29, 0.717) is 0 Å². The van der Waals surface area contributed by atoms with Gasteiger partial charge in [0, 0.05) is 17.9 Å². The minimum atomic E-state index is -4.25. The van der Waals surface area contributed by atoms with Crippen LogP contribution in [0.1, 0.15) is 42.0 Å². The molecule has 1 atom stereocenters. The average Bonchev–Trinajstić information content (AvgIpc) is 2.39. The van der Waals surface area contributed by atoms with Crippen molar-refractivity contribution in [2.45, 2.75) is 20.1 Å². The molecule has 0 aromatic carbocycles. The molecular weight excluding hydrogens is 184 g/mol. The van der Waals surface area contributed by atoms with Crippen LogP contribution in [0.15, 0.2) is 11.6 Å². The van der Waals surface area contributed by atoms with E-state index in [0.717, 1.165) is 0 Å². The highest BCUT2D eigenvalue weighted by Gasteiger charge is 2.12. The van der Waals surface area contributed by atoms with Gasteiger partial charge in [-0.1, -0.05) is 12.9 Å². The Morgan fingerprint density at radius 2 is 2.43 bits per heavy atom. The zero-order chi connectivity index (χ0) is 24.7. The maximum Gasteiger partial charge on any atom is 0.333 e. The number of ether oxygens (including phenoxy) is 2. The van der Waals surface area contributed by atoms with Crippen LogP contribution in [0.2, 0.25) is 0 Å². The fourth-order valence-electron chi connectivity index (χ4n) is 0.329. The second kappa shape index (κ2) is 6.18. The summed E-state index contributed by atoms with van der Waals surface area (Å²) in [5, 5.41) is 0. The van der Waals surface area contributed by atoms with E-state index in [1.807, 2.05) is 0 Å². The molecule has 4 heteroatoms. The number of rotatable bonds is 4. The van der Waals surface area contributed by atoms with Crippen molar-refractivity contribution in [2.24, 2.45) is 5.89 Å². The average molecular weight is 216 g/mol. The first-order chi connectivity index (χ1) is 12.8. The molecule has 0 spiro atoms. The highest BCUT2D eigenvalue weighted by Crippen LogP contribution is 2.08. The Kier molecular flexibility index (Phi) is 0.997. The van der Waals surface area contributed by atoms with E-state index in [9.17, 15) is 9.59 Å². The number of hydrogen-bond acceptors (Lipinski definition) is 4. The normalized spacial score (nSPS) is 37.7. The Balaban J connectivity index is 6.95. The molecular formula is C10H16O4. The van der Waals surface area contributed by atoms with Crippen molar-refractivity contribution in [3.05, 3.63) is 11.6 Å². The van der Waals surface area contributed by atoms with Crippen molar-refractivity contribution in [2.75, 3.05) is 14.1 Å². The number of hydrogen-bond donors (Lipinski definition) is 0. The molecule has 0 aliphatic heterocycles. The summed E-state index contributed by atoms with van der Waals surface area (Å²) in [6, 6.07) is -2.11. The third-order valence-electron chi connectivity index (χ3n) is 0.906. The van der Waals surface area contributed by atoms with E-state index in [-0.39, 0.29) is 0 Å². The minimum Gasteiger partial charge on any atom is -0.469 e. The van der Waals surface area contributed by atoms with Crippen LogP contribution < -0.4 is 0 Å². The molecule has 0 saturated carbocycles. The van der Waals surface area contributed by atoms with E-state index in [4.69, 9.17) is 21.9 Å². The molecule has 0 aliphatic carbocycles. The molecule has 0 aromatic rings. The lowest BCUT2D eigenvalue weighted by Crippen LogP contribution is -2.12. The number of esters is 2. The molecule has 0 heterocycles. The van der Waals surface area contributed by atoms with Gasteiger partial charge in [0.2, 0.25) is 0 Å². The first-order valence-corrected chi connectivity index (χ1v) is 2.97. The van der Waals surface area contributed by atoms with E-state index >= 15 is 0 Å². The van der Waals surface area contributed by atoms with Crippen LogP contribution in [-0.4, -0.2) is 26.0 Å². The molecule has 0 fully saturated rings. The Labute approximate surface area is 106 Å². The molecule has 0 aliphatic rings. The first-order valence-electron chi connectivity index (χ1n) is 11.0. The van der Waals surface area contributed by atoms with Crippen LogP contribution in [0.3, 0.4) is 0 Å². The number of methoxy groups -OCH3 is 2. The van der Waals surface area contributed by atoms with Crippen LogP contribution in [0.5, 0.6) is 0 Å². The number of carbonyl (C=O) groups excluding carboxylic acids is 2. The van der Waals surface area contributed by atoms with Crippen molar-refractivity contribution >= 4 is 11.9 Å². The second-order valence-corrected chi connectivity index (χ2v) is 1.78. The fourth-order valence-corrected chi connectivity index (χ4v) is 0.329. The van der Waals surface area contributed by atoms with Crippen molar-refractivity contribution in [3.63, 3.8) is 0 Å². The Hall–Kier alpha value is -1.32. The van der Waals surface area contributed by atoms with E-state index in [1.165, 1.54) is 0 Å². The van der Waals surface area contributed by atoms with Gasteiger partial charge in [-0.25, -0.2) is 4.79 Å². The Bertz CT molecular complexity index is 707. The number of carbonyl (C=O) groups is 2. The molecule has 14 heavy (non-hydrogen) atoms.